The summed E-state index contributed by atoms with van der Waals surface area (Å²) in [5.74, 6) is 1.26. The number of rotatable bonds is 7. The average molecular weight is 616 g/mol. The van der Waals surface area contributed by atoms with E-state index < -0.39 is 10.0 Å². The van der Waals surface area contributed by atoms with Crippen LogP contribution in [-0.2, 0) is 16.4 Å². The Balaban J connectivity index is 1.04. The van der Waals surface area contributed by atoms with Crippen molar-refractivity contribution in [3.05, 3.63) is 115 Å². The molecule has 45 heavy (non-hydrogen) atoms. The molecule has 0 saturated carbocycles. The maximum Gasteiger partial charge on any atom is 0.268 e. The fourth-order valence-corrected chi connectivity index (χ4v) is 8.51. The van der Waals surface area contributed by atoms with E-state index in [1.165, 1.54) is 16.0 Å². The van der Waals surface area contributed by atoms with Crippen molar-refractivity contribution in [2.75, 3.05) is 18.4 Å². The molecule has 6 aromatic rings. The Bertz CT molecular complexity index is 2120. The zero-order valence-corrected chi connectivity index (χ0v) is 25.4. The van der Waals surface area contributed by atoms with Crippen LogP contribution in [0.3, 0.4) is 0 Å². The third kappa shape index (κ3) is 5.16. The monoisotopic (exact) mass is 615 g/mol. The molecule has 8 rings (SSSR count). The van der Waals surface area contributed by atoms with Crippen LogP contribution in [0.1, 0.15) is 18.4 Å². The first-order valence-electron chi connectivity index (χ1n) is 15.4. The van der Waals surface area contributed by atoms with Gasteiger partial charge in [-0.05, 0) is 96.9 Å². The summed E-state index contributed by atoms with van der Waals surface area (Å²) in [5.41, 5.74) is 5.76. The SMILES string of the molecule is O=S(=O)(c1ccccc1)n1ccc2cc(Nc3ncnc4ccc(-c5ccc(CC6C7CCN6CC(O)C7)cc5)cc34)ccc21. The second-order valence-electron chi connectivity index (χ2n) is 12.2. The Morgan fingerprint density at radius 2 is 1.71 bits per heavy atom. The van der Waals surface area contributed by atoms with Crippen LogP contribution in [0.4, 0.5) is 11.5 Å². The number of aromatic nitrogens is 3. The quantitative estimate of drug-likeness (QED) is 0.220. The molecule has 4 atom stereocenters. The Morgan fingerprint density at radius 3 is 2.53 bits per heavy atom. The van der Waals surface area contributed by atoms with E-state index in [9.17, 15) is 13.5 Å². The lowest BCUT2D eigenvalue weighted by molar-refractivity contribution is 0.0432. The van der Waals surface area contributed by atoms with E-state index in [0.29, 0.717) is 23.3 Å². The van der Waals surface area contributed by atoms with Crippen LogP contribution in [0, 0.1) is 5.92 Å². The van der Waals surface area contributed by atoms with Gasteiger partial charge in [-0.25, -0.2) is 22.4 Å². The van der Waals surface area contributed by atoms with Crippen LogP contribution >= 0.6 is 0 Å². The van der Waals surface area contributed by atoms with Gasteiger partial charge >= 0.3 is 0 Å². The number of aliphatic hydroxyl groups is 1. The smallest absolute Gasteiger partial charge is 0.268 e. The van der Waals surface area contributed by atoms with E-state index in [1.807, 2.05) is 24.3 Å². The van der Waals surface area contributed by atoms with Gasteiger partial charge in [0.1, 0.15) is 12.1 Å². The number of aliphatic hydroxyl groups excluding tert-OH is 1. The molecule has 0 radical (unpaired) electrons. The Kier molecular flexibility index (Phi) is 6.89. The maximum atomic E-state index is 13.2. The minimum absolute atomic E-state index is 0.180. The standard InChI is InChI=1S/C36H33N5O3S/c42-30-20-28-14-16-40(22-30)35(28)18-24-6-8-25(9-7-24)26-10-12-33-32(21-26)36(38-23-37-33)39-29-11-13-34-27(19-29)15-17-41(34)45(43,44)31-4-2-1-3-5-31/h1-13,15,17,19,21,23,28,30,35,42H,14,16,18,20,22H2,(H,37,38,39). The van der Waals surface area contributed by atoms with Crippen molar-refractivity contribution < 1.29 is 13.5 Å². The van der Waals surface area contributed by atoms with Crippen LogP contribution in [0.15, 0.2) is 114 Å². The molecule has 0 amide bonds. The molecule has 2 fully saturated rings. The van der Waals surface area contributed by atoms with E-state index in [1.54, 1.807) is 48.9 Å². The van der Waals surface area contributed by atoms with Gasteiger partial charge in [-0.3, -0.25) is 4.90 Å². The summed E-state index contributed by atoms with van der Waals surface area (Å²) in [6.45, 7) is 1.89. The second-order valence-corrected chi connectivity index (χ2v) is 14.0. The molecular weight excluding hydrogens is 582 g/mol. The molecular formula is C36H33N5O3S. The zero-order chi connectivity index (χ0) is 30.5. The van der Waals surface area contributed by atoms with Crippen LogP contribution < -0.4 is 5.32 Å². The van der Waals surface area contributed by atoms with Gasteiger partial charge in [-0.15, -0.1) is 0 Å². The van der Waals surface area contributed by atoms with E-state index in [2.05, 4.69) is 56.6 Å². The molecule has 2 bridgehead atoms. The van der Waals surface area contributed by atoms with E-state index in [0.717, 1.165) is 59.0 Å². The number of hydrogen-bond acceptors (Lipinski definition) is 7. The highest BCUT2D eigenvalue weighted by atomic mass is 32.2. The highest BCUT2D eigenvalue weighted by Crippen LogP contribution is 2.36. The number of nitrogens with zero attached hydrogens (tertiary/aromatic N) is 4. The zero-order valence-electron chi connectivity index (χ0n) is 24.6. The highest BCUT2D eigenvalue weighted by Gasteiger charge is 2.40. The van der Waals surface area contributed by atoms with Crippen molar-refractivity contribution in [3.8, 4) is 11.1 Å². The molecule has 2 aliphatic rings. The topological polar surface area (TPSA) is 100 Å². The highest BCUT2D eigenvalue weighted by molar-refractivity contribution is 7.90. The van der Waals surface area contributed by atoms with Crippen LogP contribution in [0.25, 0.3) is 32.9 Å². The fraction of sp³-hybridized carbons (Fsp3) is 0.222. The first kappa shape index (κ1) is 27.9. The van der Waals surface area contributed by atoms with Gasteiger partial charge in [0.05, 0.1) is 22.0 Å². The summed E-state index contributed by atoms with van der Waals surface area (Å²) in [4.78, 5) is 11.8. The summed E-state index contributed by atoms with van der Waals surface area (Å²) in [5, 5.41) is 15.3. The lowest BCUT2D eigenvalue weighted by Crippen LogP contribution is -2.45. The summed E-state index contributed by atoms with van der Waals surface area (Å²) in [6, 6.07) is 31.4. The molecule has 8 nitrogen and oxygen atoms in total. The first-order valence-corrected chi connectivity index (χ1v) is 16.8. The molecule has 4 unspecified atom stereocenters. The Morgan fingerprint density at radius 1 is 0.889 bits per heavy atom. The number of hydrogen-bond donors (Lipinski definition) is 2. The predicted molar refractivity (Wildman–Crippen MR) is 177 cm³/mol. The lowest BCUT2D eigenvalue weighted by atomic mass is 9.86. The molecule has 2 N–H and O–H groups in total. The molecule has 0 spiro atoms. The van der Waals surface area contributed by atoms with Crippen molar-refractivity contribution in [1.29, 1.82) is 0 Å². The summed E-state index contributed by atoms with van der Waals surface area (Å²) >= 11 is 0. The molecule has 4 heterocycles. The normalized spacial score (nSPS) is 21.4. The number of piperidine rings is 1. The third-order valence-corrected chi connectivity index (χ3v) is 11.1. The van der Waals surface area contributed by atoms with Gasteiger partial charge in [0.25, 0.3) is 10.0 Å². The van der Waals surface area contributed by atoms with Gasteiger partial charge < -0.3 is 10.4 Å². The molecule has 4 aromatic carbocycles. The first-order chi connectivity index (χ1) is 21.9. The molecule has 0 aliphatic carbocycles. The van der Waals surface area contributed by atoms with Crippen LogP contribution in [0.2, 0.25) is 0 Å². The lowest BCUT2D eigenvalue weighted by Gasteiger charge is -2.35. The largest absolute Gasteiger partial charge is 0.392 e. The number of benzene rings is 4. The molecule has 2 aliphatic heterocycles. The van der Waals surface area contributed by atoms with Gasteiger partial charge in [-0.1, -0.05) is 48.5 Å². The molecule has 2 saturated heterocycles. The van der Waals surface area contributed by atoms with Gasteiger partial charge in [-0.2, -0.15) is 0 Å². The summed E-state index contributed by atoms with van der Waals surface area (Å²) in [7, 11) is -3.70. The maximum absolute atomic E-state index is 13.2. The van der Waals surface area contributed by atoms with Crippen molar-refractivity contribution in [2.24, 2.45) is 5.92 Å². The number of anilines is 2. The molecule has 9 heteroatoms. The predicted octanol–water partition coefficient (Wildman–Crippen LogP) is 6.23. The average Bonchev–Trinajstić information content (AvgIpc) is 3.59. The number of nitrogens with one attached hydrogen (secondary N) is 1. The van der Waals surface area contributed by atoms with Crippen molar-refractivity contribution >= 4 is 43.3 Å². The van der Waals surface area contributed by atoms with Gasteiger partial charge in [0, 0.05) is 35.2 Å². The van der Waals surface area contributed by atoms with E-state index >= 15 is 0 Å². The van der Waals surface area contributed by atoms with Crippen molar-refractivity contribution in [1.82, 2.24) is 18.8 Å². The minimum Gasteiger partial charge on any atom is -0.392 e. The van der Waals surface area contributed by atoms with Crippen LogP contribution in [0.5, 0.6) is 0 Å². The van der Waals surface area contributed by atoms with E-state index in [4.69, 9.17) is 0 Å². The van der Waals surface area contributed by atoms with Gasteiger partial charge in [0.2, 0.25) is 0 Å². The second kappa shape index (κ2) is 11.1. The van der Waals surface area contributed by atoms with Gasteiger partial charge in [0.15, 0.2) is 0 Å². The van der Waals surface area contributed by atoms with Crippen molar-refractivity contribution in [3.63, 3.8) is 0 Å². The minimum atomic E-state index is -3.70. The van der Waals surface area contributed by atoms with Crippen LogP contribution in [-0.4, -0.2) is 57.6 Å². The summed E-state index contributed by atoms with van der Waals surface area (Å²) in [6.07, 6.45) is 6.09. The Labute approximate surface area is 262 Å². The molecule has 226 valence electrons. The fourth-order valence-electron chi connectivity index (χ4n) is 7.14. The van der Waals surface area contributed by atoms with E-state index in [-0.39, 0.29) is 11.0 Å². The number of fused-ring (bicyclic) bond motifs is 4. The summed E-state index contributed by atoms with van der Waals surface area (Å²) < 4.78 is 27.8. The Hall–Kier alpha value is -4.57. The van der Waals surface area contributed by atoms with Crippen molar-refractivity contribution in [2.45, 2.75) is 36.3 Å². The molecule has 2 aromatic heterocycles. The third-order valence-electron chi connectivity index (χ3n) is 9.41.